The molecule has 0 saturated carbocycles. The summed E-state index contributed by atoms with van der Waals surface area (Å²) in [5, 5.41) is 11.9. The molecule has 2 heterocycles. The molecule has 1 N–H and O–H groups in total. The summed E-state index contributed by atoms with van der Waals surface area (Å²) >= 11 is 1.33. The number of hydrogen-bond acceptors (Lipinski definition) is 5. The summed E-state index contributed by atoms with van der Waals surface area (Å²) in [7, 11) is 0. The van der Waals surface area contributed by atoms with E-state index >= 15 is 0 Å². The van der Waals surface area contributed by atoms with Crippen LogP contribution < -0.4 is 5.32 Å². The zero-order valence-corrected chi connectivity index (χ0v) is 11.7. The number of rotatable bonds is 4. The second-order valence-electron chi connectivity index (χ2n) is 4.12. The molecule has 0 aliphatic rings. The molecule has 3 rings (SSSR count). The van der Waals surface area contributed by atoms with Crippen LogP contribution in [0.15, 0.2) is 59.2 Å². The third-order valence-corrected chi connectivity index (χ3v) is 3.51. The Morgan fingerprint density at radius 3 is 2.76 bits per heavy atom. The van der Waals surface area contributed by atoms with Gasteiger partial charge in [-0.1, -0.05) is 41.7 Å². The fourth-order valence-electron chi connectivity index (χ4n) is 1.66. The van der Waals surface area contributed by atoms with E-state index in [2.05, 4.69) is 15.5 Å². The van der Waals surface area contributed by atoms with Crippen molar-refractivity contribution in [1.82, 2.24) is 10.2 Å². The van der Waals surface area contributed by atoms with Crippen LogP contribution in [0.25, 0.3) is 16.6 Å². The smallest absolute Gasteiger partial charge is 0.250 e. The Morgan fingerprint density at radius 1 is 1.14 bits per heavy atom. The third-order valence-electron chi connectivity index (χ3n) is 2.62. The first-order valence-corrected chi connectivity index (χ1v) is 7.04. The zero-order chi connectivity index (χ0) is 14.5. The molecule has 21 heavy (non-hydrogen) atoms. The molecule has 0 radical (unpaired) electrons. The van der Waals surface area contributed by atoms with Crippen LogP contribution >= 0.6 is 11.3 Å². The van der Waals surface area contributed by atoms with Crippen LogP contribution in [0.4, 0.5) is 5.13 Å². The standard InChI is InChI=1S/C15H11N3O2S/c19-13(9-8-12-7-4-10-20-12)16-15-18-17-14(21-15)11-5-2-1-3-6-11/h1-10H,(H,16,18,19). The van der Waals surface area contributed by atoms with Crippen molar-refractivity contribution in [1.29, 1.82) is 0 Å². The molecular weight excluding hydrogens is 286 g/mol. The normalized spacial score (nSPS) is 10.9. The van der Waals surface area contributed by atoms with Crippen LogP contribution in [-0.4, -0.2) is 16.1 Å². The number of nitrogens with zero attached hydrogens (tertiary/aromatic N) is 2. The van der Waals surface area contributed by atoms with Gasteiger partial charge in [0, 0.05) is 11.6 Å². The van der Waals surface area contributed by atoms with E-state index in [1.807, 2.05) is 30.3 Å². The van der Waals surface area contributed by atoms with Gasteiger partial charge in [-0.3, -0.25) is 10.1 Å². The van der Waals surface area contributed by atoms with Crippen LogP contribution in [-0.2, 0) is 4.79 Å². The molecule has 0 saturated heterocycles. The van der Waals surface area contributed by atoms with E-state index in [0.717, 1.165) is 10.6 Å². The molecule has 6 heteroatoms. The molecule has 0 atom stereocenters. The molecule has 3 aromatic rings. The van der Waals surface area contributed by atoms with Gasteiger partial charge in [0.1, 0.15) is 10.8 Å². The quantitative estimate of drug-likeness (QED) is 0.749. The molecule has 1 amide bonds. The molecule has 0 aliphatic heterocycles. The van der Waals surface area contributed by atoms with E-state index < -0.39 is 0 Å². The molecule has 1 aromatic carbocycles. The number of benzene rings is 1. The van der Waals surface area contributed by atoms with Gasteiger partial charge in [-0.25, -0.2) is 0 Å². The molecule has 0 fully saturated rings. The van der Waals surface area contributed by atoms with E-state index in [1.54, 1.807) is 24.5 Å². The van der Waals surface area contributed by atoms with Gasteiger partial charge < -0.3 is 4.42 Å². The fourth-order valence-corrected chi connectivity index (χ4v) is 2.41. The highest BCUT2D eigenvalue weighted by atomic mass is 32.1. The number of anilines is 1. The summed E-state index contributed by atoms with van der Waals surface area (Å²) in [6.07, 6.45) is 4.53. The van der Waals surface area contributed by atoms with Crippen LogP contribution in [0.2, 0.25) is 0 Å². The highest BCUT2D eigenvalue weighted by molar-refractivity contribution is 7.18. The monoisotopic (exact) mass is 297 g/mol. The predicted molar refractivity (Wildman–Crippen MR) is 81.7 cm³/mol. The summed E-state index contributed by atoms with van der Waals surface area (Å²) in [5.41, 5.74) is 0.974. The number of amides is 1. The zero-order valence-electron chi connectivity index (χ0n) is 10.9. The van der Waals surface area contributed by atoms with Gasteiger partial charge in [0.25, 0.3) is 0 Å². The van der Waals surface area contributed by atoms with Gasteiger partial charge in [-0.05, 0) is 18.2 Å². The number of carbonyl (C=O) groups excluding carboxylic acids is 1. The summed E-state index contributed by atoms with van der Waals surface area (Å²) in [5.74, 6) is 0.342. The number of furan rings is 1. The Morgan fingerprint density at radius 2 is 2.00 bits per heavy atom. The van der Waals surface area contributed by atoms with Crippen LogP contribution in [0.1, 0.15) is 5.76 Å². The Bertz CT molecular complexity index is 748. The van der Waals surface area contributed by atoms with E-state index in [-0.39, 0.29) is 5.91 Å². The number of nitrogens with one attached hydrogen (secondary N) is 1. The minimum Gasteiger partial charge on any atom is -0.465 e. The van der Waals surface area contributed by atoms with Crippen LogP contribution in [0.5, 0.6) is 0 Å². The first-order valence-electron chi connectivity index (χ1n) is 6.23. The van der Waals surface area contributed by atoms with Gasteiger partial charge in [0.05, 0.1) is 6.26 Å². The lowest BCUT2D eigenvalue weighted by atomic mass is 10.2. The maximum Gasteiger partial charge on any atom is 0.250 e. The largest absolute Gasteiger partial charge is 0.465 e. The summed E-state index contributed by atoms with van der Waals surface area (Å²) < 4.78 is 5.10. The summed E-state index contributed by atoms with van der Waals surface area (Å²) in [4.78, 5) is 11.8. The molecule has 0 aliphatic carbocycles. The highest BCUT2D eigenvalue weighted by Crippen LogP contribution is 2.25. The summed E-state index contributed by atoms with van der Waals surface area (Å²) in [6, 6.07) is 13.2. The van der Waals surface area contributed by atoms with Gasteiger partial charge in [0.15, 0.2) is 0 Å². The van der Waals surface area contributed by atoms with Crippen molar-refractivity contribution in [3.63, 3.8) is 0 Å². The molecule has 2 aromatic heterocycles. The number of aromatic nitrogens is 2. The maximum atomic E-state index is 11.8. The van der Waals surface area contributed by atoms with E-state index in [9.17, 15) is 4.79 Å². The lowest BCUT2D eigenvalue weighted by Gasteiger charge is -1.94. The Hall–Kier alpha value is -2.73. The first-order chi connectivity index (χ1) is 10.3. The average molecular weight is 297 g/mol. The molecular formula is C15H11N3O2S. The lowest BCUT2D eigenvalue weighted by Crippen LogP contribution is -2.07. The fraction of sp³-hybridized carbons (Fsp3) is 0. The maximum absolute atomic E-state index is 11.8. The average Bonchev–Trinajstić information content (AvgIpc) is 3.17. The van der Waals surface area contributed by atoms with Crippen molar-refractivity contribution in [3.8, 4) is 10.6 Å². The minimum atomic E-state index is -0.276. The van der Waals surface area contributed by atoms with Crippen molar-refractivity contribution < 1.29 is 9.21 Å². The van der Waals surface area contributed by atoms with E-state index in [4.69, 9.17) is 4.42 Å². The minimum absolute atomic E-state index is 0.276. The van der Waals surface area contributed by atoms with Gasteiger partial charge >= 0.3 is 0 Å². The van der Waals surface area contributed by atoms with E-state index in [0.29, 0.717) is 10.9 Å². The Labute approximate surface area is 125 Å². The summed E-state index contributed by atoms with van der Waals surface area (Å²) in [6.45, 7) is 0. The second-order valence-corrected chi connectivity index (χ2v) is 5.09. The molecule has 0 spiro atoms. The first kappa shape index (κ1) is 13.3. The number of carbonyl (C=O) groups is 1. The topological polar surface area (TPSA) is 68.0 Å². The van der Waals surface area contributed by atoms with Gasteiger partial charge in [-0.15, -0.1) is 10.2 Å². The van der Waals surface area contributed by atoms with Crippen molar-refractivity contribution in [2.24, 2.45) is 0 Å². The SMILES string of the molecule is O=C(C=Cc1ccco1)Nc1nnc(-c2ccccc2)s1. The second kappa shape index (κ2) is 6.15. The van der Waals surface area contributed by atoms with Crippen molar-refractivity contribution in [2.45, 2.75) is 0 Å². The molecule has 5 nitrogen and oxygen atoms in total. The van der Waals surface area contributed by atoms with Crippen molar-refractivity contribution >= 4 is 28.5 Å². The van der Waals surface area contributed by atoms with Crippen LogP contribution in [0.3, 0.4) is 0 Å². The van der Waals surface area contributed by atoms with E-state index in [1.165, 1.54) is 17.4 Å². The Balaban J connectivity index is 1.66. The highest BCUT2D eigenvalue weighted by Gasteiger charge is 2.07. The lowest BCUT2D eigenvalue weighted by molar-refractivity contribution is -0.111. The third kappa shape index (κ3) is 3.43. The molecule has 0 unspecified atom stereocenters. The predicted octanol–water partition coefficient (Wildman–Crippen LogP) is 3.45. The molecule has 104 valence electrons. The van der Waals surface area contributed by atoms with Crippen LogP contribution in [0, 0.1) is 0 Å². The van der Waals surface area contributed by atoms with Gasteiger partial charge in [-0.2, -0.15) is 0 Å². The Kier molecular flexibility index (Phi) is 3.88. The van der Waals surface area contributed by atoms with Gasteiger partial charge in [0.2, 0.25) is 11.0 Å². The number of hydrogen-bond donors (Lipinski definition) is 1. The molecule has 0 bridgehead atoms. The van der Waals surface area contributed by atoms with Crippen molar-refractivity contribution in [3.05, 3.63) is 60.6 Å². The van der Waals surface area contributed by atoms with Crippen molar-refractivity contribution in [2.75, 3.05) is 5.32 Å².